The third-order valence-electron chi connectivity index (χ3n) is 2.32. The second-order valence-corrected chi connectivity index (χ2v) is 5.03. The first-order valence-corrected chi connectivity index (χ1v) is 6.24. The maximum absolute atomic E-state index is 13.0. The topological polar surface area (TPSA) is 60.2 Å². The molecule has 0 bridgehead atoms. The van der Waals surface area contributed by atoms with Crippen molar-refractivity contribution in [3.63, 3.8) is 0 Å². The lowest BCUT2D eigenvalue weighted by molar-refractivity contribution is 0.551. The Balaban J connectivity index is 2.59. The Kier molecular flexibility index (Phi) is 2.74. The fourth-order valence-corrected chi connectivity index (χ4v) is 2.20. The van der Waals surface area contributed by atoms with Crippen molar-refractivity contribution in [3.05, 3.63) is 35.7 Å². The molecular weight excluding hydrogens is 245 g/mol. The Morgan fingerprint density at radius 3 is 2.53 bits per heavy atom. The van der Waals surface area contributed by atoms with Crippen LogP contribution in [0.3, 0.4) is 0 Å². The van der Waals surface area contributed by atoms with E-state index < -0.39 is 10.2 Å². The van der Waals surface area contributed by atoms with Crippen molar-refractivity contribution in [2.24, 2.45) is 0 Å². The molecule has 17 heavy (non-hydrogen) atoms. The van der Waals surface area contributed by atoms with Gasteiger partial charge in [-0.25, -0.2) is 4.98 Å². The van der Waals surface area contributed by atoms with Crippen molar-refractivity contribution in [1.82, 2.24) is 4.98 Å². The second-order valence-electron chi connectivity index (χ2n) is 3.71. The lowest BCUT2D eigenvalue weighted by Crippen LogP contribution is -1.96. The summed E-state index contributed by atoms with van der Waals surface area (Å²) in [6.07, 6.45) is 1.44. The minimum atomic E-state index is -4.73. The van der Waals surface area contributed by atoms with Crippen LogP contribution in [0.5, 0.6) is 0 Å². The third-order valence-corrected chi connectivity index (χ3v) is 3.28. The predicted octanol–water partition coefficient (Wildman–Crippen LogP) is 2.62. The van der Waals surface area contributed by atoms with Crippen molar-refractivity contribution in [2.45, 2.75) is 18.7 Å². The summed E-state index contributed by atoms with van der Waals surface area (Å²) in [6.45, 7) is 3.27. The molecule has 0 aliphatic rings. The molecule has 6 heteroatoms. The first-order valence-electron chi connectivity index (χ1n) is 4.86. The highest BCUT2D eigenvalue weighted by Crippen LogP contribution is 2.25. The van der Waals surface area contributed by atoms with E-state index >= 15 is 0 Å². The zero-order valence-corrected chi connectivity index (χ0v) is 10.1. The SMILES string of the molecule is Cc1coc(-c2ccc(C)c(S(=O)(=O)F)c2)n1. The molecule has 1 aromatic carbocycles. The van der Waals surface area contributed by atoms with Crippen LogP contribution in [0.4, 0.5) is 3.89 Å². The zero-order chi connectivity index (χ0) is 12.6. The van der Waals surface area contributed by atoms with Crippen molar-refractivity contribution in [2.75, 3.05) is 0 Å². The van der Waals surface area contributed by atoms with Gasteiger partial charge in [0.1, 0.15) is 11.2 Å². The van der Waals surface area contributed by atoms with Gasteiger partial charge in [-0.05, 0) is 31.5 Å². The van der Waals surface area contributed by atoms with E-state index in [4.69, 9.17) is 4.42 Å². The zero-order valence-electron chi connectivity index (χ0n) is 9.27. The molecule has 0 saturated heterocycles. The van der Waals surface area contributed by atoms with Crippen LogP contribution in [-0.2, 0) is 10.2 Å². The van der Waals surface area contributed by atoms with E-state index in [2.05, 4.69) is 4.98 Å². The number of benzene rings is 1. The number of aromatic nitrogens is 1. The number of rotatable bonds is 2. The lowest BCUT2D eigenvalue weighted by Gasteiger charge is -2.02. The molecule has 0 fully saturated rings. The van der Waals surface area contributed by atoms with Crippen molar-refractivity contribution in [1.29, 1.82) is 0 Å². The van der Waals surface area contributed by atoms with Crippen LogP contribution in [0.15, 0.2) is 33.8 Å². The van der Waals surface area contributed by atoms with Crippen LogP contribution in [0, 0.1) is 13.8 Å². The van der Waals surface area contributed by atoms with E-state index in [9.17, 15) is 12.3 Å². The summed E-state index contributed by atoms with van der Waals surface area (Å²) in [5, 5.41) is 0. The Hall–Kier alpha value is -1.69. The quantitative estimate of drug-likeness (QED) is 0.774. The van der Waals surface area contributed by atoms with Crippen LogP contribution < -0.4 is 0 Å². The number of aryl methyl sites for hydroxylation is 2. The van der Waals surface area contributed by atoms with E-state index in [-0.39, 0.29) is 10.8 Å². The lowest BCUT2D eigenvalue weighted by atomic mass is 10.1. The summed E-state index contributed by atoms with van der Waals surface area (Å²) in [6, 6.07) is 4.37. The summed E-state index contributed by atoms with van der Waals surface area (Å²) in [5.41, 5.74) is 1.45. The van der Waals surface area contributed by atoms with E-state index in [1.54, 1.807) is 13.0 Å². The molecular formula is C11H10FNO3S. The first-order chi connectivity index (χ1) is 7.88. The van der Waals surface area contributed by atoms with Gasteiger partial charge in [0.2, 0.25) is 5.89 Å². The third kappa shape index (κ3) is 2.36. The molecule has 0 aliphatic heterocycles. The van der Waals surface area contributed by atoms with Gasteiger partial charge in [-0.3, -0.25) is 0 Å². The fraction of sp³-hybridized carbons (Fsp3) is 0.182. The van der Waals surface area contributed by atoms with Gasteiger partial charge in [0.05, 0.1) is 5.69 Å². The molecule has 0 amide bonds. The van der Waals surface area contributed by atoms with Crippen LogP contribution in [0.25, 0.3) is 11.5 Å². The van der Waals surface area contributed by atoms with Gasteiger partial charge in [-0.15, -0.1) is 3.89 Å². The predicted molar refractivity (Wildman–Crippen MR) is 59.7 cm³/mol. The molecule has 1 heterocycles. The molecule has 2 aromatic rings. The minimum Gasteiger partial charge on any atom is -0.444 e. The van der Waals surface area contributed by atoms with Gasteiger partial charge >= 0.3 is 10.2 Å². The Labute approximate surface area is 98.3 Å². The fourth-order valence-electron chi connectivity index (χ4n) is 1.48. The Morgan fingerprint density at radius 1 is 1.29 bits per heavy atom. The summed E-state index contributed by atoms with van der Waals surface area (Å²) >= 11 is 0. The van der Waals surface area contributed by atoms with Crippen LogP contribution in [-0.4, -0.2) is 13.4 Å². The normalized spacial score (nSPS) is 11.7. The van der Waals surface area contributed by atoms with Crippen LogP contribution in [0.1, 0.15) is 11.3 Å². The number of halogens is 1. The van der Waals surface area contributed by atoms with Gasteiger partial charge in [0.15, 0.2) is 0 Å². The van der Waals surface area contributed by atoms with Crippen molar-refractivity contribution in [3.8, 4) is 11.5 Å². The Bertz CT molecular complexity index is 661. The molecule has 2 rings (SSSR count). The summed E-state index contributed by atoms with van der Waals surface area (Å²) in [5.74, 6) is 0.271. The van der Waals surface area contributed by atoms with Crippen molar-refractivity contribution >= 4 is 10.2 Å². The van der Waals surface area contributed by atoms with Crippen LogP contribution in [0.2, 0.25) is 0 Å². The molecule has 4 nitrogen and oxygen atoms in total. The molecule has 0 radical (unpaired) electrons. The molecule has 0 N–H and O–H groups in total. The molecule has 0 spiro atoms. The Morgan fingerprint density at radius 2 is 2.00 bits per heavy atom. The molecule has 0 unspecified atom stereocenters. The van der Waals surface area contributed by atoms with E-state index in [0.29, 0.717) is 16.8 Å². The first kappa shape index (κ1) is 11.8. The largest absolute Gasteiger partial charge is 0.444 e. The van der Waals surface area contributed by atoms with Gasteiger partial charge in [0.25, 0.3) is 0 Å². The highest BCUT2D eigenvalue weighted by Gasteiger charge is 2.17. The monoisotopic (exact) mass is 255 g/mol. The van der Waals surface area contributed by atoms with Gasteiger partial charge in [-0.2, -0.15) is 8.42 Å². The number of hydrogen-bond donors (Lipinski definition) is 0. The maximum Gasteiger partial charge on any atom is 0.332 e. The second kappa shape index (κ2) is 3.96. The summed E-state index contributed by atoms with van der Waals surface area (Å²) in [4.78, 5) is 3.69. The van der Waals surface area contributed by atoms with Gasteiger partial charge < -0.3 is 4.42 Å². The van der Waals surface area contributed by atoms with Crippen LogP contribution >= 0.6 is 0 Å². The van der Waals surface area contributed by atoms with Gasteiger partial charge in [-0.1, -0.05) is 6.07 Å². The van der Waals surface area contributed by atoms with Crippen molar-refractivity contribution < 1.29 is 16.7 Å². The highest BCUT2D eigenvalue weighted by atomic mass is 32.3. The maximum atomic E-state index is 13.0. The number of oxazole rings is 1. The number of nitrogens with zero attached hydrogens (tertiary/aromatic N) is 1. The molecule has 1 aromatic heterocycles. The summed E-state index contributed by atoms with van der Waals surface area (Å²) in [7, 11) is -4.73. The highest BCUT2D eigenvalue weighted by molar-refractivity contribution is 7.86. The smallest absolute Gasteiger partial charge is 0.332 e. The number of hydrogen-bond acceptors (Lipinski definition) is 4. The molecule has 0 aliphatic carbocycles. The molecule has 0 atom stereocenters. The summed E-state index contributed by atoms with van der Waals surface area (Å²) < 4.78 is 40.0. The molecule has 90 valence electrons. The minimum absolute atomic E-state index is 0.271. The average Bonchev–Trinajstić information content (AvgIpc) is 2.64. The van der Waals surface area contributed by atoms with Gasteiger partial charge in [0, 0.05) is 5.56 Å². The van der Waals surface area contributed by atoms with E-state index in [1.807, 2.05) is 0 Å². The standard InChI is InChI=1S/C11H10FNO3S/c1-7-3-4-9(5-10(7)17(12,14)15)11-13-8(2)6-16-11/h3-6H,1-2H3. The van der Waals surface area contributed by atoms with E-state index in [1.165, 1.54) is 25.3 Å². The average molecular weight is 255 g/mol. The van der Waals surface area contributed by atoms with E-state index in [0.717, 1.165) is 0 Å². The molecule has 0 saturated carbocycles.